The molecular weight excluding hydrogens is 495 g/mol. The molecule has 0 aliphatic rings. The highest BCUT2D eigenvalue weighted by molar-refractivity contribution is 9.10. The maximum atomic E-state index is 13.6. The maximum Gasteiger partial charge on any atom is 0.324 e. The Morgan fingerprint density at radius 3 is 2.63 bits per heavy atom. The summed E-state index contributed by atoms with van der Waals surface area (Å²) in [5, 5.41) is 16.5. The van der Waals surface area contributed by atoms with Gasteiger partial charge >= 0.3 is 5.00 Å². The largest absolute Gasteiger partial charge is 0.324 e. The molecule has 2 aromatic carbocycles. The minimum atomic E-state index is -0.491. The average Bonchev–Trinajstić information content (AvgIpc) is 3.35. The molecule has 11 heteroatoms. The van der Waals surface area contributed by atoms with Crippen molar-refractivity contribution in [3.05, 3.63) is 85.4 Å². The molecule has 0 saturated carbocycles. The number of halogens is 2. The van der Waals surface area contributed by atoms with E-state index in [0.717, 1.165) is 32.2 Å². The maximum absolute atomic E-state index is 13.6. The van der Waals surface area contributed by atoms with Crippen LogP contribution in [0.15, 0.2) is 64.2 Å². The summed E-state index contributed by atoms with van der Waals surface area (Å²) in [5.74, 6) is -0.845. The van der Waals surface area contributed by atoms with Gasteiger partial charge in [-0.3, -0.25) is 14.9 Å². The lowest BCUT2D eigenvalue weighted by molar-refractivity contribution is -0.380. The van der Waals surface area contributed by atoms with Crippen molar-refractivity contribution < 1.29 is 14.1 Å². The van der Waals surface area contributed by atoms with Gasteiger partial charge in [0, 0.05) is 16.1 Å². The highest BCUT2D eigenvalue weighted by Gasteiger charge is 2.21. The second-order valence-corrected chi connectivity index (χ2v) is 8.93. The van der Waals surface area contributed by atoms with Crippen molar-refractivity contribution >= 4 is 71.1 Å². The van der Waals surface area contributed by atoms with Gasteiger partial charge in [0.2, 0.25) is 5.13 Å². The van der Waals surface area contributed by atoms with Crippen molar-refractivity contribution in [2.24, 2.45) is 5.10 Å². The fourth-order valence-electron chi connectivity index (χ4n) is 2.50. The first-order chi connectivity index (χ1) is 14.4. The highest BCUT2D eigenvalue weighted by atomic mass is 79.9. The normalized spacial score (nSPS) is 11.3. The Kier molecular flexibility index (Phi) is 5.66. The smallest absolute Gasteiger partial charge is 0.267 e. The molecule has 150 valence electrons. The molecule has 0 saturated heterocycles. The Balaban J connectivity index is 1.74. The van der Waals surface area contributed by atoms with Crippen LogP contribution in [0.3, 0.4) is 0 Å². The van der Waals surface area contributed by atoms with Crippen molar-refractivity contribution in [2.45, 2.75) is 0 Å². The highest BCUT2D eigenvalue weighted by Crippen LogP contribution is 2.31. The van der Waals surface area contributed by atoms with Crippen LogP contribution < -0.4 is 5.01 Å². The zero-order chi connectivity index (χ0) is 21.3. The monoisotopic (exact) mass is 504 g/mol. The molecule has 0 spiro atoms. The molecule has 4 aromatic rings. The Hall–Kier alpha value is -3.02. The predicted molar refractivity (Wildman–Crippen MR) is 119 cm³/mol. The third-order valence-corrected chi connectivity index (χ3v) is 6.39. The van der Waals surface area contributed by atoms with E-state index in [-0.39, 0.29) is 10.1 Å². The summed E-state index contributed by atoms with van der Waals surface area (Å²) in [6.45, 7) is 0. The SMILES string of the molecule is O=C(c1ccc(Br)cc1)N(/N=C/c1ccc([N+](=O)[O-])s1)c1nc2ccc(F)cc2s1. The molecule has 0 aliphatic heterocycles. The summed E-state index contributed by atoms with van der Waals surface area (Å²) in [6, 6.07) is 13.8. The Bertz CT molecular complexity index is 1290. The van der Waals surface area contributed by atoms with E-state index < -0.39 is 16.6 Å². The van der Waals surface area contributed by atoms with Gasteiger partial charge in [0.25, 0.3) is 5.91 Å². The fraction of sp³-hybridized carbons (Fsp3) is 0. The molecule has 0 unspecified atom stereocenters. The molecule has 7 nitrogen and oxygen atoms in total. The molecular formula is C19H10BrFN4O3S2. The Morgan fingerprint density at radius 1 is 1.17 bits per heavy atom. The molecule has 0 radical (unpaired) electrons. The van der Waals surface area contributed by atoms with E-state index in [2.05, 4.69) is 26.0 Å². The van der Waals surface area contributed by atoms with Crippen molar-refractivity contribution in [1.29, 1.82) is 0 Å². The Labute approximate surface area is 185 Å². The lowest BCUT2D eigenvalue weighted by Gasteiger charge is -2.13. The molecule has 30 heavy (non-hydrogen) atoms. The van der Waals surface area contributed by atoms with Gasteiger partial charge < -0.3 is 0 Å². The van der Waals surface area contributed by atoms with Crippen molar-refractivity contribution in [3.63, 3.8) is 0 Å². The number of benzene rings is 2. The minimum absolute atomic E-state index is 0.0299. The van der Waals surface area contributed by atoms with E-state index in [1.165, 1.54) is 30.5 Å². The number of nitrogens with zero attached hydrogens (tertiary/aromatic N) is 4. The first-order valence-electron chi connectivity index (χ1n) is 8.35. The lowest BCUT2D eigenvalue weighted by Crippen LogP contribution is -2.25. The van der Waals surface area contributed by atoms with E-state index in [9.17, 15) is 19.3 Å². The molecule has 2 aromatic heterocycles. The first-order valence-corrected chi connectivity index (χ1v) is 10.8. The van der Waals surface area contributed by atoms with Crippen LogP contribution in [-0.4, -0.2) is 22.0 Å². The summed E-state index contributed by atoms with van der Waals surface area (Å²) in [7, 11) is 0. The quantitative estimate of drug-likeness (QED) is 0.193. The standard InChI is InChI=1S/C19H10BrFN4O3S2/c20-12-3-1-11(2-4-12)18(26)24(22-10-14-6-8-17(29-14)25(27)28)19-23-15-7-5-13(21)9-16(15)30-19/h1-10H/b22-10+. The number of hydrogen-bond acceptors (Lipinski definition) is 7. The molecule has 0 aliphatic carbocycles. The molecule has 2 heterocycles. The van der Waals surface area contributed by atoms with Crippen LogP contribution in [0.5, 0.6) is 0 Å². The molecule has 4 rings (SSSR count). The molecule has 0 fully saturated rings. The summed E-state index contributed by atoms with van der Waals surface area (Å²) in [4.78, 5) is 28.4. The Morgan fingerprint density at radius 2 is 1.93 bits per heavy atom. The second kappa shape index (κ2) is 8.38. The van der Waals surface area contributed by atoms with Gasteiger partial charge in [-0.05, 0) is 48.5 Å². The topological polar surface area (TPSA) is 88.7 Å². The van der Waals surface area contributed by atoms with E-state index in [4.69, 9.17) is 0 Å². The fourth-order valence-corrected chi connectivity index (χ4v) is 4.40. The predicted octanol–water partition coefficient (Wildman–Crippen LogP) is 5.85. The number of carbonyl (C=O) groups is 1. The number of carbonyl (C=O) groups excluding carboxylic acids is 1. The average molecular weight is 505 g/mol. The van der Waals surface area contributed by atoms with Gasteiger partial charge in [0.15, 0.2) is 0 Å². The number of hydrogen-bond donors (Lipinski definition) is 0. The lowest BCUT2D eigenvalue weighted by atomic mass is 10.2. The number of hydrazone groups is 1. The first kappa shape index (κ1) is 20.3. The van der Waals surface area contributed by atoms with Crippen LogP contribution in [0.2, 0.25) is 0 Å². The number of thiophene rings is 1. The third-order valence-electron chi connectivity index (χ3n) is 3.90. The zero-order valence-electron chi connectivity index (χ0n) is 14.9. The van der Waals surface area contributed by atoms with Crippen molar-refractivity contribution in [2.75, 3.05) is 5.01 Å². The number of fused-ring (bicyclic) bond motifs is 1. The van der Waals surface area contributed by atoms with Gasteiger partial charge in [-0.2, -0.15) is 10.1 Å². The van der Waals surface area contributed by atoms with Crippen LogP contribution in [-0.2, 0) is 0 Å². The molecule has 0 atom stereocenters. The van der Waals surface area contributed by atoms with E-state index in [1.807, 2.05) is 0 Å². The second-order valence-electron chi connectivity index (χ2n) is 5.91. The molecule has 0 N–H and O–H groups in total. The number of nitro groups is 1. The summed E-state index contributed by atoms with van der Waals surface area (Å²) >= 11 is 5.38. The summed E-state index contributed by atoms with van der Waals surface area (Å²) in [5.41, 5.74) is 0.907. The number of anilines is 1. The van der Waals surface area contributed by atoms with E-state index in [1.54, 1.807) is 30.3 Å². The van der Waals surface area contributed by atoms with Crippen LogP contribution in [0.1, 0.15) is 15.2 Å². The van der Waals surface area contributed by atoms with Crippen LogP contribution in [0.25, 0.3) is 10.2 Å². The van der Waals surface area contributed by atoms with Gasteiger partial charge in [0.05, 0.1) is 26.2 Å². The molecule has 1 amide bonds. The number of rotatable bonds is 5. The van der Waals surface area contributed by atoms with E-state index in [0.29, 0.717) is 20.7 Å². The van der Waals surface area contributed by atoms with Gasteiger partial charge in [0.1, 0.15) is 5.82 Å². The van der Waals surface area contributed by atoms with E-state index >= 15 is 0 Å². The van der Waals surface area contributed by atoms with Crippen LogP contribution in [0.4, 0.5) is 14.5 Å². The van der Waals surface area contributed by atoms with Crippen LogP contribution >= 0.6 is 38.6 Å². The third kappa shape index (κ3) is 4.27. The summed E-state index contributed by atoms with van der Waals surface area (Å²) in [6.07, 6.45) is 1.36. The minimum Gasteiger partial charge on any atom is -0.267 e. The van der Waals surface area contributed by atoms with Crippen molar-refractivity contribution in [1.82, 2.24) is 4.98 Å². The molecule has 0 bridgehead atoms. The number of aromatic nitrogens is 1. The van der Waals surface area contributed by atoms with Gasteiger partial charge in [-0.1, -0.05) is 38.6 Å². The number of amides is 1. The van der Waals surface area contributed by atoms with Crippen LogP contribution in [0, 0.1) is 15.9 Å². The van der Waals surface area contributed by atoms with Gasteiger partial charge in [-0.25, -0.2) is 9.37 Å². The van der Waals surface area contributed by atoms with Gasteiger partial charge in [-0.15, -0.1) is 0 Å². The number of thiazole rings is 1. The van der Waals surface area contributed by atoms with Crippen molar-refractivity contribution in [3.8, 4) is 0 Å². The summed E-state index contributed by atoms with van der Waals surface area (Å²) < 4.78 is 14.9. The zero-order valence-corrected chi connectivity index (χ0v) is 18.1.